The minimum Gasteiger partial charge on any atom is -0.411 e. The highest BCUT2D eigenvalue weighted by Crippen LogP contribution is 2.28. The molecule has 4 aromatic rings. The van der Waals surface area contributed by atoms with E-state index < -0.39 is 0 Å². The van der Waals surface area contributed by atoms with Gasteiger partial charge in [-0.2, -0.15) is 0 Å². The van der Waals surface area contributed by atoms with Gasteiger partial charge in [0.05, 0.1) is 22.7 Å². The molecule has 2 aromatic carbocycles. The molecule has 0 fully saturated rings. The second-order valence-electron chi connectivity index (χ2n) is 6.43. The number of rotatable bonds is 6. The number of benzene rings is 2. The van der Waals surface area contributed by atoms with Crippen molar-refractivity contribution in [1.82, 2.24) is 15.2 Å². The van der Waals surface area contributed by atoms with Gasteiger partial charge in [0.1, 0.15) is 0 Å². The van der Waals surface area contributed by atoms with Gasteiger partial charge in [0.15, 0.2) is 5.78 Å². The maximum absolute atomic E-state index is 12.3. The number of thioether (sulfide) groups is 1. The zero-order valence-corrected chi connectivity index (χ0v) is 18.1. The first-order chi connectivity index (χ1) is 14.5. The van der Waals surface area contributed by atoms with Crippen molar-refractivity contribution in [2.75, 3.05) is 5.75 Å². The average molecular weight is 456 g/mol. The molecule has 0 radical (unpaired) electrons. The maximum atomic E-state index is 12.3. The number of aryl methyl sites for hydroxylation is 1. The van der Waals surface area contributed by atoms with Gasteiger partial charge in [-0.1, -0.05) is 47.1 Å². The zero-order valence-electron chi connectivity index (χ0n) is 15.8. The normalized spacial score (nSPS) is 10.9. The van der Waals surface area contributed by atoms with E-state index in [0.717, 1.165) is 22.5 Å². The number of aromatic nitrogens is 3. The van der Waals surface area contributed by atoms with E-state index in [4.69, 9.17) is 27.6 Å². The number of hydrogen-bond donors (Lipinski definition) is 0. The second-order valence-corrected chi connectivity index (χ2v) is 8.23. The van der Waals surface area contributed by atoms with Gasteiger partial charge >= 0.3 is 0 Å². The van der Waals surface area contributed by atoms with Crippen LogP contribution in [0.5, 0.6) is 0 Å². The molecule has 0 amide bonds. The van der Waals surface area contributed by atoms with Crippen molar-refractivity contribution in [1.29, 1.82) is 0 Å². The van der Waals surface area contributed by atoms with E-state index in [-0.39, 0.29) is 11.5 Å². The third kappa shape index (κ3) is 4.73. The maximum Gasteiger partial charge on any atom is 0.277 e. The van der Waals surface area contributed by atoms with Crippen LogP contribution in [0.25, 0.3) is 22.7 Å². The highest BCUT2D eigenvalue weighted by atomic mass is 35.5. The molecule has 30 heavy (non-hydrogen) atoms. The van der Waals surface area contributed by atoms with Crippen LogP contribution in [-0.4, -0.2) is 26.7 Å². The molecular weight excluding hydrogens is 441 g/mol. The Bertz CT molecular complexity index is 1190. The fraction of sp³-hybridized carbons (Fsp3) is 0.0909. The molecule has 0 N–H and O–H groups in total. The van der Waals surface area contributed by atoms with Crippen LogP contribution in [0.1, 0.15) is 16.1 Å². The predicted octanol–water partition coefficient (Wildman–Crippen LogP) is 6.39. The SMILES string of the molecule is Cc1nc(-c2ccc(Cl)cc2)ccc1-c1nnc(SCC(=O)c2ccc(Cl)cc2)o1. The third-order valence-corrected chi connectivity index (χ3v) is 5.68. The Hall–Kier alpha value is -2.67. The molecule has 0 bridgehead atoms. The summed E-state index contributed by atoms with van der Waals surface area (Å²) in [6.45, 7) is 1.88. The number of nitrogens with zero attached hydrogens (tertiary/aromatic N) is 3. The molecule has 0 aliphatic rings. The number of carbonyl (C=O) groups excluding carboxylic acids is 1. The van der Waals surface area contributed by atoms with Crippen molar-refractivity contribution in [3.63, 3.8) is 0 Å². The van der Waals surface area contributed by atoms with Gasteiger partial charge in [0, 0.05) is 21.2 Å². The van der Waals surface area contributed by atoms with Gasteiger partial charge in [-0.3, -0.25) is 9.78 Å². The number of Topliss-reactive ketones (excluding diaryl/α,β-unsaturated/α-hetero) is 1. The summed E-state index contributed by atoms with van der Waals surface area (Å²) in [6.07, 6.45) is 0. The number of hydrogen-bond acceptors (Lipinski definition) is 6. The molecule has 2 aromatic heterocycles. The Balaban J connectivity index is 1.46. The number of carbonyl (C=O) groups is 1. The van der Waals surface area contributed by atoms with Crippen molar-refractivity contribution in [2.45, 2.75) is 12.1 Å². The highest BCUT2D eigenvalue weighted by Gasteiger charge is 2.15. The summed E-state index contributed by atoms with van der Waals surface area (Å²) < 4.78 is 5.73. The molecule has 150 valence electrons. The molecule has 0 saturated heterocycles. The molecule has 0 unspecified atom stereocenters. The first-order valence-electron chi connectivity index (χ1n) is 8.98. The average Bonchev–Trinajstić information content (AvgIpc) is 3.22. The number of pyridine rings is 1. The van der Waals surface area contributed by atoms with Crippen LogP contribution in [0.2, 0.25) is 10.0 Å². The minimum atomic E-state index is -0.0402. The molecule has 4 rings (SSSR count). The number of halogens is 2. The molecule has 2 heterocycles. The smallest absolute Gasteiger partial charge is 0.277 e. The van der Waals surface area contributed by atoms with Gasteiger partial charge in [0.25, 0.3) is 11.1 Å². The number of ketones is 1. The predicted molar refractivity (Wildman–Crippen MR) is 119 cm³/mol. The quantitative estimate of drug-likeness (QED) is 0.247. The highest BCUT2D eigenvalue weighted by molar-refractivity contribution is 7.99. The Kier molecular flexibility index (Phi) is 6.18. The zero-order chi connectivity index (χ0) is 21.1. The Morgan fingerprint density at radius 2 is 1.60 bits per heavy atom. The van der Waals surface area contributed by atoms with Crippen molar-refractivity contribution >= 4 is 40.7 Å². The third-order valence-electron chi connectivity index (χ3n) is 4.36. The lowest BCUT2D eigenvalue weighted by Crippen LogP contribution is -2.01. The van der Waals surface area contributed by atoms with E-state index in [9.17, 15) is 4.79 Å². The lowest BCUT2D eigenvalue weighted by Gasteiger charge is -2.05. The Morgan fingerprint density at radius 1 is 0.933 bits per heavy atom. The summed E-state index contributed by atoms with van der Waals surface area (Å²) >= 11 is 13.0. The van der Waals surface area contributed by atoms with Gasteiger partial charge < -0.3 is 4.42 Å². The lowest BCUT2D eigenvalue weighted by molar-refractivity contribution is 0.102. The molecular formula is C22H15Cl2N3O2S. The van der Waals surface area contributed by atoms with Crippen LogP contribution in [0.4, 0.5) is 0 Å². The minimum absolute atomic E-state index is 0.0402. The van der Waals surface area contributed by atoms with Crippen LogP contribution in [0.3, 0.4) is 0 Å². The summed E-state index contributed by atoms with van der Waals surface area (Å²) in [6, 6.07) is 18.1. The van der Waals surface area contributed by atoms with Crippen molar-refractivity contribution in [3.8, 4) is 22.7 Å². The topological polar surface area (TPSA) is 68.9 Å². The van der Waals surface area contributed by atoms with Crippen LogP contribution < -0.4 is 0 Å². The van der Waals surface area contributed by atoms with Gasteiger partial charge in [-0.15, -0.1) is 10.2 Å². The Morgan fingerprint density at radius 3 is 2.27 bits per heavy atom. The summed E-state index contributed by atoms with van der Waals surface area (Å²) in [4.78, 5) is 16.9. The van der Waals surface area contributed by atoms with Crippen molar-refractivity contribution < 1.29 is 9.21 Å². The van der Waals surface area contributed by atoms with Crippen LogP contribution in [-0.2, 0) is 0 Å². The van der Waals surface area contributed by atoms with E-state index in [1.807, 2.05) is 43.3 Å². The first kappa shape index (κ1) is 20.6. The largest absolute Gasteiger partial charge is 0.411 e. The van der Waals surface area contributed by atoms with Gasteiger partial charge in [0.2, 0.25) is 0 Å². The van der Waals surface area contributed by atoms with Crippen molar-refractivity contribution in [3.05, 3.63) is 82.0 Å². The molecule has 0 aliphatic carbocycles. The first-order valence-corrected chi connectivity index (χ1v) is 10.7. The Labute approximate surface area is 187 Å². The summed E-state index contributed by atoms with van der Waals surface area (Å²) in [5.74, 6) is 0.515. The van der Waals surface area contributed by atoms with E-state index in [1.165, 1.54) is 11.8 Å². The van der Waals surface area contributed by atoms with Gasteiger partial charge in [-0.25, -0.2) is 0 Å². The fourth-order valence-corrected chi connectivity index (χ4v) is 3.70. The lowest BCUT2D eigenvalue weighted by atomic mass is 10.1. The molecule has 0 spiro atoms. The second kappa shape index (κ2) is 9.00. The van der Waals surface area contributed by atoms with E-state index in [0.29, 0.717) is 26.7 Å². The molecule has 5 nitrogen and oxygen atoms in total. The monoisotopic (exact) mass is 455 g/mol. The summed E-state index contributed by atoms with van der Waals surface area (Å²) in [7, 11) is 0. The van der Waals surface area contributed by atoms with E-state index in [2.05, 4.69) is 15.2 Å². The molecule has 0 atom stereocenters. The van der Waals surface area contributed by atoms with Crippen LogP contribution in [0.15, 0.2) is 70.3 Å². The van der Waals surface area contributed by atoms with Gasteiger partial charge in [-0.05, 0) is 55.5 Å². The summed E-state index contributed by atoms with van der Waals surface area (Å²) in [5, 5.41) is 9.73. The van der Waals surface area contributed by atoms with Crippen LogP contribution >= 0.6 is 35.0 Å². The molecule has 8 heteroatoms. The fourth-order valence-electron chi connectivity index (χ4n) is 2.79. The van der Waals surface area contributed by atoms with Crippen molar-refractivity contribution in [2.24, 2.45) is 0 Å². The molecule has 0 saturated carbocycles. The van der Waals surface area contributed by atoms with E-state index in [1.54, 1.807) is 24.3 Å². The van der Waals surface area contributed by atoms with Crippen LogP contribution in [0, 0.1) is 6.92 Å². The molecule has 0 aliphatic heterocycles. The summed E-state index contributed by atoms with van der Waals surface area (Å²) in [5.41, 5.74) is 3.90. The standard InChI is InChI=1S/C22H15Cl2N3O2S/c1-13-18(10-11-19(25-13)14-2-6-16(23)7-3-14)21-26-27-22(29-21)30-12-20(28)15-4-8-17(24)9-5-15/h2-11H,12H2,1H3. The van der Waals surface area contributed by atoms with E-state index >= 15 is 0 Å².